The summed E-state index contributed by atoms with van der Waals surface area (Å²) >= 11 is 0. The molecule has 0 aliphatic carbocycles. The molecule has 0 saturated carbocycles. The second-order valence-electron chi connectivity index (χ2n) is 7.07. The van der Waals surface area contributed by atoms with E-state index in [4.69, 9.17) is 0 Å². The van der Waals surface area contributed by atoms with Gasteiger partial charge in [0.1, 0.15) is 6.54 Å². The van der Waals surface area contributed by atoms with Gasteiger partial charge in [-0.05, 0) is 32.8 Å². The van der Waals surface area contributed by atoms with Gasteiger partial charge in [0.2, 0.25) is 5.91 Å². The predicted molar refractivity (Wildman–Crippen MR) is 82.1 cm³/mol. The minimum atomic E-state index is -0.841. The van der Waals surface area contributed by atoms with Crippen molar-refractivity contribution in [1.82, 2.24) is 14.7 Å². The van der Waals surface area contributed by atoms with Crippen LogP contribution < -0.4 is 0 Å². The highest BCUT2D eigenvalue weighted by Crippen LogP contribution is 2.38. The van der Waals surface area contributed by atoms with Crippen molar-refractivity contribution in [1.29, 1.82) is 0 Å². The Morgan fingerprint density at radius 2 is 1.90 bits per heavy atom. The maximum atomic E-state index is 12.5. The molecular formula is C16H27N3O2. The van der Waals surface area contributed by atoms with Crippen molar-refractivity contribution in [2.24, 2.45) is 5.41 Å². The van der Waals surface area contributed by atoms with E-state index in [2.05, 4.69) is 12.0 Å². The molecule has 1 saturated heterocycles. The van der Waals surface area contributed by atoms with E-state index in [-0.39, 0.29) is 17.9 Å². The third-order valence-electron chi connectivity index (χ3n) is 5.07. The summed E-state index contributed by atoms with van der Waals surface area (Å²) in [5.41, 5.74) is 2.15. The number of nitrogens with zero attached hydrogens (tertiary/aromatic N) is 3. The van der Waals surface area contributed by atoms with Gasteiger partial charge in [0.05, 0.1) is 11.3 Å². The van der Waals surface area contributed by atoms with Crippen molar-refractivity contribution in [2.75, 3.05) is 13.1 Å². The van der Waals surface area contributed by atoms with Crippen LogP contribution >= 0.6 is 0 Å². The zero-order valence-electron chi connectivity index (χ0n) is 14.0. The van der Waals surface area contributed by atoms with Crippen LogP contribution in [0.1, 0.15) is 44.6 Å². The van der Waals surface area contributed by atoms with Crippen molar-refractivity contribution in [3.05, 3.63) is 17.0 Å². The molecule has 5 heteroatoms. The molecular weight excluding hydrogens is 266 g/mol. The van der Waals surface area contributed by atoms with Crippen molar-refractivity contribution in [3.8, 4) is 0 Å². The third-order valence-corrected chi connectivity index (χ3v) is 5.07. The average Bonchev–Trinajstić information content (AvgIpc) is 2.73. The van der Waals surface area contributed by atoms with Crippen LogP contribution in [0.3, 0.4) is 0 Å². The number of carbonyl (C=O) groups excluding carboxylic acids is 1. The van der Waals surface area contributed by atoms with Crippen LogP contribution in [-0.2, 0) is 17.8 Å². The van der Waals surface area contributed by atoms with E-state index in [1.807, 2.05) is 27.7 Å². The van der Waals surface area contributed by atoms with Gasteiger partial charge in [-0.15, -0.1) is 0 Å². The van der Waals surface area contributed by atoms with Crippen LogP contribution in [0.4, 0.5) is 0 Å². The first-order valence-electron chi connectivity index (χ1n) is 7.62. The molecule has 0 spiro atoms. The van der Waals surface area contributed by atoms with E-state index in [0.29, 0.717) is 13.1 Å². The lowest BCUT2D eigenvalue weighted by molar-refractivity contribution is -0.131. The molecule has 1 amide bonds. The van der Waals surface area contributed by atoms with Crippen LogP contribution in [0.5, 0.6) is 0 Å². The van der Waals surface area contributed by atoms with Crippen molar-refractivity contribution in [2.45, 2.75) is 60.1 Å². The number of aryl methyl sites for hydroxylation is 1. The summed E-state index contributed by atoms with van der Waals surface area (Å²) in [5.74, 6) is 0.0223. The molecule has 1 aliphatic rings. The minimum absolute atomic E-state index is 0.0223. The lowest BCUT2D eigenvalue weighted by Crippen LogP contribution is -2.40. The van der Waals surface area contributed by atoms with Crippen molar-refractivity contribution in [3.63, 3.8) is 0 Å². The maximum Gasteiger partial charge on any atom is 0.244 e. The van der Waals surface area contributed by atoms with Crippen molar-refractivity contribution < 1.29 is 9.90 Å². The van der Waals surface area contributed by atoms with E-state index >= 15 is 0 Å². The molecule has 2 rings (SSSR count). The molecule has 2 heterocycles. The second-order valence-corrected chi connectivity index (χ2v) is 7.07. The van der Waals surface area contributed by atoms with Gasteiger partial charge < -0.3 is 10.0 Å². The largest absolute Gasteiger partial charge is 0.388 e. The molecule has 1 aliphatic heterocycles. The number of amides is 1. The topological polar surface area (TPSA) is 58.4 Å². The number of rotatable bonds is 3. The molecule has 0 radical (unpaired) electrons. The van der Waals surface area contributed by atoms with Gasteiger partial charge in [0.25, 0.3) is 0 Å². The Hall–Kier alpha value is -1.36. The molecule has 118 valence electrons. The highest BCUT2D eigenvalue weighted by Gasteiger charge is 2.49. The summed E-state index contributed by atoms with van der Waals surface area (Å²) in [6, 6.07) is 0. The fourth-order valence-corrected chi connectivity index (χ4v) is 3.09. The van der Waals surface area contributed by atoms with Gasteiger partial charge >= 0.3 is 0 Å². The molecule has 1 aromatic rings. The Labute approximate surface area is 126 Å². The van der Waals surface area contributed by atoms with Gasteiger partial charge in [-0.3, -0.25) is 9.48 Å². The van der Waals surface area contributed by atoms with Gasteiger partial charge in [-0.1, -0.05) is 20.8 Å². The zero-order chi connectivity index (χ0) is 16.0. The number of aliphatic hydroxyl groups is 1. The van der Waals surface area contributed by atoms with E-state index < -0.39 is 5.60 Å². The molecule has 1 N–H and O–H groups in total. The molecule has 0 aromatic carbocycles. The van der Waals surface area contributed by atoms with Crippen LogP contribution in [-0.4, -0.2) is 44.4 Å². The van der Waals surface area contributed by atoms with Crippen molar-refractivity contribution >= 4 is 5.91 Å². The number of hydrogen-bond acceptors (Lipinski definition) is 3. The highest BCUT2D eigenvalue weighted by molar-refractivity contribution is 5.76. The number of aromatic nitrogens is 2. The predicted octanol–water partition coefficient (Wildman–Crippen LogP) is 1.68. The Kier molecular flexibility index (Phi) is 3.91. The van der Waals surface area contributed by atoms with Gasteiger partial charge in [0, 0.05) is 24.2 Å². The fraction of sp³-hybridized carbons (Fsp3) is 0.750. The molecule has 5 nitrogen and oxygen atoms in total. The van der Waals surface area contributed by atoms with Gasteiger partial charge in [-0.2, -0.15) is 5.10 Å². The normalized spacial score (nSPS) is 24.6. The fourth-order valence-electron chi connectivity index (χ4n) is 3.09. The molecule has 0 bridgehead atoms. The zero-order valence-corrected chi connectivity index (χ0v) is 14.0. The number of β-amino-alcohol motifs (C(OH)–C–C–N with tert-alkyl or cyclic N) is 1. The number of carbonyl (C=O) groups is 1. The summed E-state index contributed by atoms with van der Waals surface area (Å²) in [5, 5.41) is 14.9. The van der Waals surface area contributed by atoms with Crippen LogP contribution in [0.25, 0.3) is 0 Å². The van der Waals surface area contributed by atoms with Crippen LogP contribution in [0, 0.1) is 19.3 Å². The molecule has 1 fully saturated rings. The molecule has 0 unspecified atom stereocenters. The second kappa shape index (κ2) is 5.13. The van der Waals surface area contributed by atoms with E-state index in [9.17, 15) is 9.90 Å². The van der Waals surface area contributed by atoms with E-state index in [1.54, 1.807) is 16.5 Å². The summed E-state index contributed by atoms with van der Waals surface area (Å²) < 4.78 is 1.79. The monoisotopic (exact) mass is 293 g/mol. The Morgan fingerprint density at radius 3 is 2.33 bits per heavy atom. The summed E-state index contributed by atoms with van der Waals surface area (Å²) in [6.07, 6.45) is 0.928. The SMILES string of the molecule is CCc1c(C)nn(CC(=O)N2CC(C)(C)[C@@](C)(O)C2)c1C. The van der Waals surface area contributed by atoms with Crippen LogP contribution in [0.15, 0.2) is 0 Å². The van der Waals surface area contributed by atoms with E-state index in [0.717, 1.165) is 17.8 Å². The van der Waals surface area contributed by atoms with Gasteiger partial charge in [0.15, 0.2) is 0 Å². The smallest absolute Gasteiger partial charge is 0.244 e. The molecule has 1 atom stereocenters. The summed E-state index contributed by atoms with van der Waals surface area (Å²) in [7, 11) is 0. The lowest BCUT2D eigenvalue weighted by Gasteiger charge is -2.30. The van der Waals surface area contributed by atoms with Gasteiger partial charge in [-0.25, -0.2) is 0 Å². The third kappa shape index (κ3) is 2.71. The van der Waals surface area contributed by atoms with Crippen LogP contribution in [0.2, 0.25) is 0 Å². The Balaban J connectivity index is 2.14. The Bertz CT molecular complexity index is 542. The Morgan fingerprint density at radius 1 is 1.29 bits per heavy atom. The summed E-state index contributed by atoms with van der Waals surface area (Å²) in [4.78, 5) is 14.3. The minimum Gasteiger partial charge on any atom is -0.388 e. The first-order valence-corrected chi connectivity index (χ1v) is 7.62. The standard InChI is InChI=1S/C16H27N3O2/c1-7-13-11(2)17-19(12(13)3)8-14(20)18-9-15(4,5)16(6,21)10-18/h21H,7-10H2,1-6H3/t16-/m0/s1. The number of hydrogen-bond donors (Lipinski definition) is 1. The number of likely N-dealkylation sites (tertiary alicyclic amines) is 1. The molecule has 1 aromatic heterocycles. The lowest BCUT2D eigenvalue weighted by atomic mass is 9.79. The first-order chi connectivity index (χ1) is 9.59. The highest BCUT2D eigenvalue weighted by atomic mass is 16.3. The maximum absolute atomic E-state index is 12.5. The first kappa shape index (κ1) is 16.0. The quantitative estimate of drug-likeness (QED) is 0.922. The molecule has 21 heavy (non-hydrogen) atoms. The summed E-state index contributed by atoms with van der Waals surface area (Å²) in [6.45, 7) is 13.1. The average molecular weight is 293 g/mol. The van der Waals surface area contributed by atoms with E-state index in [1.165, 1.54) is 5.56 Å².